The number of hydrogen-bond acceptors (Lipinski definition) is 10. The quantitative estimate of drug-likeness (QED) is 0.232. The molecule has 0 radical (unpaired) electrons. The average molecular weight is 686 g/mol. The van der Waals surface area contributed by atoms with Gasteiger partial charge < -0.3 is 28.8 Å². The number of morpholine rings is 1. The lowest BCUT2D eigenvalue weighted by atomic mass is 9.98. The summed E-state index contributed by atoms with van der Waals surface area (Å²) in [5.41, 5.74) is 4.66. The first-order valence-electron chi connectivity index (χ1n) is 15.3. The predicted molar refractivity (Wildman–Crippen MR) is 172 cm³/mol. The molecule has 1 atom stereocenters. The lowest BCUT2D eigenvalue weighted by Crippen LogP contribution is -2.37. The van der Waals surface area contributed by atoms with Gasteiger partial charge >= 0.3 is 12.0 Å². The Hall–Kier alpha value is -3.45. The monoisotopic (exact) mass is 684 g/mol. The molecule has 0 aliphatic carbocycles. The van der Waals surface area contributed by atoms with Crippen molar-refractivity contribution in [2.75, 3.05) is 60.2 Å². The molecular weight excluding hydrogens is 644 g/mol. The Kier molecular flexibility index (Phi) is 11.5. The third kappa shape index (κ3) is 8.04. The van der Waals surface area contributed by atoms with Crippen LogP contribution in [-0.2, 0) is 22.7 Å². The van der Waals surface area contributed by atoms with Gasteiger partial charge in [-0.3, -0.25) is 14.6 Å². The van der Waals surface area contributed by atoms with Gasteiger partial charge in [-0.05, 0) is 71.4 Å². The molecule has 1 N–H and O–H groups in total. The van der Waals surface area contributed by atoms with E-state index in [-0.39, 0.29) is 24.4 Å². The van der Waals surface area contributed by atoms with Crippen LogP contribution in [0.15, 0.2) is 40.9 Å². The second kappa shape index (κ2) is 15.7. The van der Waals surface area contributed by atoms with Gasteiger partial charge in [-0.15, -0.1) is 0 Å². The van der Waals surface area contributed by atoms with Crippen LogP contribution in [0.5, 0.6) is 23.5 Å². The number of benzene rings is 2. The molecule has 2 aliphatic heterocycles. The van der Waals surface area contributed by atoms with Crippen LogP contribution >= 0.6 is 15.9 Å². The number of carboxylic acids is 1. The number of hydrogen-bond donors (Lipinski definition) is 1. The van der Waals surface area contributed by atoms with E-state index in [1.165, 1.54) is 14.2 Å². The molecule has 1 aromatic heterocycles. The highest BCUT2D eigenvalue weighted by atomic mass is 79.9. The van der Waals surface area contributed by atoms with Gasteiger partial charge in [0.1, 0.15) is 18.4 Å². The first-order chi connectivity index (χ1) is 21.9. The van der Waals surface area contributed by atoms with E-state index < -0.39 is 12.0 Å². The standard InChI is InChI=1S/C33H41BrN4O7/c1-22-24(9-5-12-28(22)44-17-7-13-37-15-18-43-19-16-37)25-10-4-8-23(29(25)34)21-45-33-35-30(41-2)26(31(36-33)42-3)20-38-14-6-11-27(38)32(39)40/h4-5,8-10,12,27H,6-7,11,13-21H2,1-3H3,(H,39,40)/t27-/m0/s1. The third-order valence-corrected chi connectivity index (χ3v) is 9.23. The van der Waals surface area contributed by atoms with Crippen molar-refractivity contribution in [1.82, 2.24) is 19.8 Å². The molecular formula is C33H41BrN4O7. The average Bonchev–Trinajstić information content (AvgIpc) is 3.53. The second-order valence-electron chi connectivity index (χ2n) is 11.1. The number of nitrogens with zero attached hydrogens (tertiary/aromatic N) is 4. The largest absolute Gasteiger partial charge is 0.493 e. The third-order valence-electron chi connectivity index (χ3n) is 8.30. The fourth-order valence-electron chi connectivity index (χ4n) is 5.86. The Bertz CT molecular complexity index is 1440. The molecule has 0 bridgehead atoms. The number of methoxy groups -OCH3 is 2. The number of ether oxygens (including phenoxy) is 5. The first-order valence-corrected chi connectivity index (χ1v) is 16.1. The Labute approximate surface area is 272 Å². The molecule has 0 amide bonds. The molecule has 2 saturated heterocycles. The summed E-state index contributed by atoms with van der Waals surface area (Å²) in [6.45, 7) is 8.47. The maximum Gasteiger partial charge on any atom is 0.323 e. The first kappa shape index (κ1) is 32.9. The van der Waals surface area contributed by atoms with Gasteiger partial charge in [-0.2, -0.15) is 9.97 Å². The highest BCUT2D eigenvalue weighted by Crippen LogP contribution is 2.37. The summed E-state index contributed by atoms with van der Waals surface area (Å²) >= 11 is 3.81. The summed E-state index contributed by atoms with van der Waals surface area (Å²) in [6.07, 6.45) is 2.37. The molecule has 2 aromatic carbocycles. The molecule has 0 spiro atoms. The SMILES string of the molecule is COc1nc(OCc2cccc(-c3cccc(OCCCN4CCOCC4)c3C)c2Br)nc(OC)c1CN1CCC[C@H]1C(=O)O. The minimum atomic E-state index is -0.840. The van der Waals surface area contributed by atoms with Crippen molar-refractivity contribution in [2.45, 2.75) is 45.4 Å². The van der Waals surface area contributed by atoms with E-state index in [1.807, 2.05) is 29.2 Å². The zero-order valence-electron chi connectivity index (χ0n) is 26.1. The summed E-state index contributed by atoms with van der Waals surface area (Å²) in [4.78, 5) is 24.9. The highest BCUT2D eigenvalue weighted by Gasteiger charge is 2.32. The van der Waals surface area contributed by atoms with Crippen molar-refractivity contribution >= 4 is 21.9 Å². The number of aliphatic carboxylic acids is 1. The predicted octanol–water partition coefficient (Wildman–Crippen LogP) is 4.96. The van der Waals surface area contributed by atoms with Gasteiger partial charge in [0.05, 0.1) is 39.6 Å². The number of likely N-dealkylation sites (tertiary alicyclic amines) is 1. The number of halogens is 1. The van der Waals surface area contributed by atoms with Crippen LogP contribution in [0.25, 0.3) is 11.1 Å². The van der Waals surface area contributed by atoms with Crippen LogP contribution in [0.1, 0.15) is 36.0 Å². The molecule has 0 saturated carbocycles. The van der Waals surface area contributed by atoms with Gasteiger partial charge in [-0.25, -0.2) is 0 Å². The van der Waals surface area contributed by atoms with E-state index in [2.05, 4.69) is 49.9 Å². The fourth-order valence-corrected chi connectivity index (χ4v) is 6.45. The smallest absolute Gasteiger partial charge is 0.323 e. The molecule has 11 nitrogen and oxygen atoms in total. The normalized spacial score (nSPS) is 17.3. The van der Waals surface area contributed by atoms with Gasteiger partial charge in [0, 0.05) is 36.2 Å². The minimum Gasteiger partial charge on any atom is -0.493 e. The minimum absolute atomic E-state index is 0.101. The van der Waals surface area contributed by atoms with E-state index in [0.29, 0.717) is 31.7 Å². The van der Waals surface area contributed by atoms with Crippen LogP contribution in [0.2, 0.25) is 0 Å². The topological polar surface area (TPSA) is 116 Å². The fraction of sp³-hybridized carbons (Fsp3) is 0.485. The van der Waals surface area contributed by atoms with Crippen molar-refractivity contribution in [3.05, 3.63) is 57.6 Å². The lowest BCUT2D eigenvalue weighted by Gasteiger charge is -2.26. The molecule has 2 fully saturated rings. The van der Waals surface area contributed by atoms with Crippen molar-refractivity contribution in [3.63, 3.8) is 0 Å². The van der Waals surface area contributed by atoms with Crippen molar-refractivity contribution in [1.29, 1.82) is 0 Å². The molecule has 3 heterocycles. The van der Waals surface area contributed by atoms with Crippen LogP contribution in [0, 0.1) is 6.92 Å². The van der Waals surface area contributed by atoms with E-state index in [0.717, 1.165) is 78.2 Å². The van der Waals surface area contributed by atoms with E-state index in [4.69, 9.17) is 23.7 Å². The highest BCUT2D eigenvalue weighted by molar-refractivity contribution is 9.10. The number of aromatic nitrogens is 2. The summed E-state index contributed by atoms with van der Waals surface area (Å²) in [5, 5.41) is 9.60. The maximum absolute atomic E-state index is 11.7. The summed E-state index contributed by atoms with van der Waals surface area (Å²) < 4.78 is 29.7. The van der Waals surface area contributed by atoms with Crippen LogP contribution in [0.4, 0.5) is 0 Å². The number of carboxylic acid groups (broad SMARTS) is 1. The molecule has 0 unspecified atom stereocenters. The molecule has 12 heteroatoms. The van der Waals surface area contributed by atoms with Gasteiger partial charge in [0.2, 0.25) is 11.8 Å². The number of rotatable bonds is 14. The maximum atomic E-state index is 11.7. The molecule has 242 valence electrons. The Morgan fingerprint density at radius 1 is 1.02 bits per heavy atom. The summed E-state index contributed by atoms with van der Waals surface area (Å²) in [7, 11) is 3.02. The van der Waals surface area contributed by atoms with Gasteiger partial charge in [-0.1, -0.05) is 30.3 Å². The molecule has 45 heavy (non-hydrogen) atoms. The van der Waals surface area contributed by atoms with Crippen LogP contribution < -0.4 is 18.9 Å². The summed E-state index contributed by atoms with van der Waals surface area (Å²) in [6, 6.07) is 11.7. The van der Waals surface area contributed by atoms with Crippen molar-refractivity contribution in [3.8, 4) is 34.6 Å². The zero-order chi connectivity index (χ0) is 31.8. The van der Waals surface area contributed by atoms with Crippen molar-refractivity contribution in [2.24, 2.45) is 0 Å². The zero-order valence-corrected chi connectivity index (χ0v) is 27.7. The molecule has 5 rings (SSSR count). The lowest BCUT2D eigenvalue weighted by molar-refractivity contribution is -0.142. The van der Waals surface area contributed by atoms with Crippen LogP contribution in [0.3, 0.4) is 0 Å². The van der Waals surface area contributed by atoms with Crippen LogP contribution in [-0.4, -0.2) is 97.1 Å². The van der Waals surface area contributed by atoms with E-state index in [9.17, 15) is 9.90 Å². The van der Waals surface area contributed by atoms with Gasteiger partial charge in [0.15, 0.2) is 0 Å². The Morgan fingerprint density at radius 2 is 1.73 bits per heavy atom. The summed E-state index contributed by atoms with van der Waals surface area (Å²) in [5.74, 6) is 0.614. The molecule has 3 aromatic rings. The van der Waals surface area contributed by atoms with E-state index >= 15 is 0 Å². The second-order valence-corrected chi connectivity index (χ2v) is 11.9. The molecule has 2 aliphatic rings. The van der Waals surface area contributed by atoms with Crippen molar-refractivity contribution < 1.29 is 33.6 Å². The van der Waals surface area contributed by atoms with Gasteiger partial charge in [0.25, 0.3) is 0 Å². The Balaban J connectivity index is 1.27. The Morgan fingerprint density at radius 3 is 2.44 bits per heavy atom. The number of carbonyl (C=O) groups is 1. The van der Waals surface area contributed by atoms with E-state index in [1.54, 1.807) is 0 Å².